The number of aryl methyl sites for hydroxylation is 1. The molecule has 1 aromatic carbocycles. The van der Waals surface area contributed by atoms with Gasteiger partial charge in [-0.1, -0.05) is 12.5 Å². The molecule has 1 saturated carbocycles. The van der Waals surface area contributed by atoms with E-state index in [-0.39, 0.29) is 0 Å². The van der Waals surface area contributed by atoms with E-state index in [1.165, 1.54) is 43.2 Å². The van der Waals surface area contributed by atoms with Crippen LogP contribution < -0.4 is 10.1 Å². The van der Waals surface area contributed by atoms with Crippen LogP contribution in [0.3, 0.4) is 0 Å². The van der Waals surface area contributed by atoms with Crippen LogP contribution in [0, 0.1) is 11.8 Å². The number of rotatable bonds is 5. The molecule has 0 heterocycles. The highest BCUT2D eigenvalue weighted by Crippen LogP contribution is 2.34. The van der Waals surface area contributed by atoms with Gasteiger partial charge >= 0.3 is 0 Å². The summed E-state index contributed by atoms with van der Waals surface area (Å²) < 4.78 is 5.34. The van der Waals surface area contributed by atoms with Gasteiger partial charge in [-0.15, -0.1) is 0 Å². The van der Waals surface area contributed by atoms with Gasteiger partial charge < -0.3 is 15.2 Å². The van der Waals surface area contributed by atoms with Gasteiger partial charge in [-0.25, -0.2) is 0 Å². The molecule has 0 amide bonds. The van der Waals surface area contributed by atoms with Gasteiger partial charge in [-0.2, -0.15) is 0 Å². The zero-order chi connectivity index (χ0) is 14.7. The first-order valence-electron chi connectivity index (χ1n) is 8.33. The lowest BCUT2D eigenvalue weighted by Crippen LogP contribution is -2.32. The molecule has 0 radical (unpaired) electrons. The number of hydrogen-bond donors (Lipinski definition) is 2. The van der Waals surface area contributed by atoms with Crippen molar-refractivity contribution in [1.82, 2.24) is 5.32 Å². The number of methoxy groups -OCH3 is 1. The summed E-state index contributed by atoms with van der Waals surface area (Å²) in [6.07, 6.45) is 7.35. The fourth-order valence-electron chi connectivity index (χ4n) is 4.05. The summed E-state index contributed by atoms with van der Waals surface area (Å²) in [5.74, 6) is 2.13. The number of aliphatic hydroxyl groups excluding tert-OH is 1. The van der Waals surface area contributed by atoms with Gasteiger partial charge in [-0.05, 0) is 73.7 Å². The third-order valence-electron chi connectivity index (χ3n) is 5.34. The van der Waals surface area contributed by atoms with Gasteiger partial charge in [0.2, 0.25) is 0 Å². The van der Waals surface area contributed by atoms with Crippen LogP contribution in [0.2, 0.25) is 0 Å². The Bertz CT molecular complexity index is 474. The van der Waals surface area contributed by atoms with Crippen molar-refractivity contribution in [2.45, 2.75) is 44.6 Å². The number of nitrogens with one attached hydrogen (secondary N) is 1. The Labute approximate surface area is 127 Å². The predicted molar refractivity (Wildman–Crippen MR) is 84.6 cm³/mol. The summed E-state index contributed by atoms with van der Waals surface area (Å²) in [5.41, 5.74) is 2.88. The van der Waals surface area contributed by atoms with E-state index >= 15 is 0 Å². The minimum atomic E-state index is 0.352. The highest BCUT2D eigenvalue weighted by molar-refractivity contribution is 5.39. The van der Waals surface area contributed by atoms with Crippen molar-refractivity contribution < 1.29 is 9.84 Å². The Kier molecular flexibility index (Phi) is 4.81. The summed E-state index contributed by atoms with van der Waals surface area (Å²) in [7, 11) is 1.73. The van der Waals surface area contributed by atoms with Gasteiger partial charge in [0.15, 0.2) is 0 Å². The van der Waals surface area contributed by atoms with Crippen molar-refractivity contribution in [2.75, 3.05) is 20.3 Å². The second-order valence-corrected chi connectivity index (χ2v) is 6.55. The van der Waals surface area contributed by atoms with Crippen LogP contribution in [0.1, 0.15) is 49.3 Å². The molecule has 0 spiro atoms. The molecule has 0 aromatic heterocycles. The highest BCUT2D eigenvalue weighted by atomic mass is 16.5. The standard InChI is InChI=1S/C18H27NO2/c1-21-16-8-9-17-13(10-16)4-3-7-18(17)19-11-14-5-2-6-15(14)12-20/h8-10,14-15,18-20H,2-7,11-12H2,1H3. The van der Waals surface area contributed by atoms with E-state index in [0.717, 1.165) is 18.7 Å². The van der Waals surface area contributed by atoms with Crippen molar-refractivity contribution in [3.63, 3.8) is 0 Å². The van der Waals surface area contributed by atoms with Gasteiger partial charge in [0.05, 0.1) is 7.11 Å². The Hall–Kier alpha value is -1.06. The third kappa shape index (κ3) is 3.24. The highest BCUT2D eigenvalue weighted by Gasteiger charge is 2.28. The molecule has 3 rings (SSSR count). The first-order chi connectivity index (χ1) is 10.3. The second-order valence-electron chi connectivity index (χ2n) is 6.55. The van der Waals surface area contributed by atoms with Crippen molar-refractivity contribution in [1.29, 1.82) is 0 Å². The fourth-order valence-corrected chi connectivity index (χ4v) is 4.05. The molecular weight excluding hydrogens is 262 g/mol. The van der Waals surface area contributed by atoms with Crippen LogP contribution in [-0.2, 0) is 6.42 Å². The molecule has 3 unspecified atom stereocenters. The van der Waals surface area contributed by atoms with Crippen LogP contribution in [0.5, 0.6) is 5.75 Å². The van der Waals surface area contributed by atoms with E-state index in [1.54, 1.807) is 7.11 Å². The molecule has 0 saturated heterocycles. The molecule has 21 heavy (non-hydrogen) atoms. The molecule has 2 N–H and O–H groups in total. The zero-order valence-electron chi connectivity index (χ0n) is 13.0. The minimum Gasteiger partial charge on any atom is -0.497 e. The van der Waals surface area contributed by atoms with E-state index in [9.17, 15) is 5.11 Å². The normalized spacial score (nSPS) is 28.4. The molecule has 3 heteroatoms. The largest absolute Gasteiger partial charge is 0.497 e. The Morgan fingerprint density at radius 1 is 1.19 bits per heavy atom. The van der Waals surface area contributed by atoms with Crippen LogP contribution in [-0.4, -0.2) is 25.4 Å². The maximum absolute atomic E-state index is 9.45. The summed E-state index contributed by atoms with van der Waals surface area (Å²) in [4.78, 5) is 0. The first-order valence-corrected chi connectivity index (χ1v) is 8.33. The average Bonchev–Trinajstić information content (AvgIpc) is 2.99. The lowest BCUT2D eigenvalue weighted by Gasteiger charge is -2.29. The van der Waals surface area contributed by atoms with E-state index < -0.39 is 0 Å². The molecule has 3 nitrogen and oxygen atoms in total. The van der Waals surface area contributed by atoms with Crippen molar-refractivity contribution in [2.24, 2.45) is 11.8 Å². The lowest BCUT2D eigenvalue weighted by molar-refractivity contribution is 0.189. The number of fused-ring (bicyclic) bond motifs is 1. The summed E-state index contributed by atoms with van der Waals surface area (Å²) >= 11 is 0. The quantitative estimate of drug-likeness (QED) is 0.875. The molecular formula is C18H27NO2. The van der Waals surface area contributed by atoms with Crippen molar-refractivity contribution in [3.8, 4) is 5.75 Å². The Balaban J connectivity index is 1.65. The van der Waals surface area contributed by atoms with Gasteiger partial charge in [-0.3, -0.25) is 0 Å². The van der Waals surface area contributed by atoms with Gasteiger partial charge in [0, 0.05) is 12.6 Å². The zero-order valence-corrected chi connectivity index (χ0v) is 13.0. The molecule has 1 aromatic rings. The van der Waals surface area contributed by atoms with E-state index in [0.29, 0.717) is 24.5 Å². The monoisotopic (exact) mass is 289 g/mol. The molecule has 3 atom stereocenters. The molecule has 2 aliphatic rings. The Morgan fingerprint density at radius 3 is 2.86 bits per heavy atom. The predicted octanol–water partition coefficient (Wildman–Crippen LogP) is 3.07. The van der Waals surface area contributed by atoms with Crippen LogP contribution >= 0.6 is 0 Å². The molecule has 116 valence electrons. The van der Waals surface area contributed by atoms with E-state index in [2.05, 4.69) is 23.5 Å². The minimum absolute atomic E-state index is 0.352. The number of aliphatic hydroxyl groups is 1. The van der Waals surface area contributed by atoms with Crippen molar-refractivity contribution >= 4 is 0 Å². The third-order valence-corrected chi connectivity index (χ3v) is 5.34. The number of benzene rings is 1. The molecule has 0 aliphatic heterocycles. The summed E-state index contributed by atoms with van der Waals surface area (Å²) in [6, 6.07) is 6.96. The number of ether oxygens (including phenoxy) is 1. The van der Waals surface area contributed by atoms with E-state index in [4.69, 9.17) is 4.74 Å². The van der Waals surface area contributed by atoms with Crippen LogP contribution in [0.15, 0.2) is 18.2 Å². The molecule has 1 fully saturated rings. The lowest BCUT2D eigenvalue weighted by atomic mass is 9.87. The smallest absolute Gasteiger partial charge is 0.119 e. The first kappa shape index (κ1) is 14.9. The molecule has 2 aliphatic carbocycles. The maximum Gasteiger partial charge on any atom is 0.119 e. The number of hydrogen-bond acceptors (Lipinski definition) is 3. The topological polar surface area (TPSA) is 41.5 Å². The maximum atomic E-state index is 9.45. The SMILES string of the molecule is COc1ccc2c(c1)CCCC2NCC1CCCC1CO. The Morgan fingerprint density at radius 2 is 2.05 bits per heavy atom. The van der Waals surface area contributed by atoms with Gasteiger partial charge in [0.25, 0.3) is 0 Å². The van der Waals surface area contributed by atoms with Crippen LogP contribution in [0.25, 0.3) is 0 Å². The van der Waals surface area contributed by atoms with Gasteiger partial charge in [0.1, 0.15) is 5.75 Å². The summed E-state index contributed by atoms with van der Waals surface area (Å²) in [5, 5.41) is 13.2. The van der Waals surface area contributed by atoms with Crippen LogP contribution in [0.4, 0.5) is 0 Å². The summed E-state index contributed by atoms with van der Waals surface area (Å²) in [6.45, 7) is 1.40. The van der Waals surface area contributed by atoms with Crippen molar-refractivity contribution in [3.05, 3.63) is 29.3 Å². The average molecular weight is 289 g/mol. The second kappa shape index (κ2) is 6.80. The fraction of sp³-hybridized carbons (Fsp3) is 0.667. The molecule has 0 bridgehead atoms. The van der Waals surface area contributed by atoms with E-state index in [1.807, 2.05) is 0 Å².